The highest BCUT2D eigenvalue weighted by Gasteiger charge is 2.20. The maximum absolute atomic E-state index is 11.2. The van der Waals surface area contributed by atoms with Crippen molar-refractivity contribution in [2.24, 2.45) is 0 Å². The van der Waals surface area contributed by atoms with E-state index in [2.05, 4.69) is 17.2 Å². The molecule has 74 valence electrons. The van der Waals surface area contributed by atoms with Gasteiger partial charge < -0.3 is 10.6 Å². The fourth-order valence-electron chi connectivity index (χ4n) is 1.06. The summed E-state index contributed by atoms with van der Waals surface area (Å²) in [5.74, 6) is 0.0977. The zero-order valence-electron chi connectivity index (χ0n) is 8.18. The Kier molecular flexibility index (Phi) is 3.96. The average Bonchev–Trinajstić information content (AvgIpc) is 2.88. The molecule has 1 amide bonds. The molecule has 1 aliphatic rings. The largest absolute Gasteiger partial charge is 0.350 e. The summed E-state index contributed by atoms with van der Waals surface area (Å²) in [6, 6.07) is 0.762. The first-order valence-corrected chi connectivity index (χ1v) is 4.87. The fraction of sp³-hybridized carbons (Fsp3) is 0.700. The van der Waals surface area contributed by atoms with E-state index in [9.17, 15) is 4.79 Å². The number of nitrogens with one attached hydrogen (secondary N) is 2. The Balaban J connectivity index is 1.99. The third-order valence-electron chi connectivity index (χ3n) is 2.10. The van der Waals surface area contributed by atoms with Crippen molar-refractivity contribution in [1.29, 1.82) is 0 Å². The highest BCUT2D eigenvalue weighted by Crippen LogP contribution is 2.18. The first kappa shape index (κ1) is 10.3. The summed E-state index contributed by atoms with van der Waals surface area (Å²) in [5.41, 5.74) is 0. The molecule has 3 nitrogen and oxygen atoms in total. The van der Waals surface area contributed by atoms with Crippen molar-refractivity contribution in [3.05, 3.63) is 12.7 Å². The Morgan fingerprint density at radius 2 is 2.38 bits per heavy atom. The summed E-state index contributed by atoms with van der Waals surface area (Å²) in [5, 5.41) is 6.12. The minimum atomic E-state index is 0.0772. The lowest BCUT2D eigenvalue weighted by Gasteiger charge is -2.09. The van der Waals surface area contributed by atoms with Gasteiger partial charge in [-0.2, -0.15) is 0 Å². The molecule has 0 saturated heterocycles. The van der Waals surface area contributed by atoms with E-state index in [1.54, 1.807) is 6.08 Å². The van der Waals surface area contributed by atoms with Crippen LogP contribution >= 0.6 is 0 Å². The Morgan fingerprint density at radius 3 is 2.92 bits per heavy atom. The van der Waals surface area contributed by atoms with Crippen LogP contribution in [0.15, 0.2) is 12.7 Å². The Bertz CT molecular complexity index is 187. The Labute approximate surface area is 79.6 Å². The van der Waals surface area contributed by atoms with Crippen molar-refractivity contribution in [1.82, 2.24) is 10.6 Å². The fourth-order valence-corrected chi connectivity index (χ4v) is 1.06. The molecule has 13 heavy (non-hydrogen) atoms. The summed E-state index contributed by atoms with van der Waals surface area (Å²) >= 11 is 0. The van der Waals surface area contributed by atoms with E-state index in [-0.39, 0.29) is 11.9 Å². The van der Waals surface area contributed by atoms with Crippen LogP contribution in [0, 0.1) is 0 Å². The van der Waals surface area contributed by atoms with Crippen molar-refractivity contribution >= 4 is 5.91 Å². The molecule has 0 bridgehead atoms. The quantitative estimate of drug-likeness (QED) is 0.597. The first-order chi connectivity index (χ1) is 6.22. The molecule has 2 N–H and O–H groups in total. The van der Waals surface area contributed by atoms with Crippen LogP contribution in [0.2, 0.25) is 0 Å². The second-order valence-electron chi connectivity index (χ2n) is 3.57. The van der Waals surface area contributed by atoms with Gasteiger partial charge in [0.1, 0.15) is 0 Å². The minimum absolute atomic E-state index is 0.0772. The molecule has 0 aromatic rings. The lowest BCUT2D eigenvalue weighted by atomic mass is 10.3. The molecule has 1 rings (SSSR count). The van der Waals surface area contributed by atoms with E-state index >= 15 is 0 Å². The molecular formula is C10H18N2O. The monoisotopic (exact) mass is 182 g/mol. The molecular weight excluding hydrogens is 164 g/mol. The van der Waals surface area contributed by atoms with Gasteiger partial charge in [-0.3, -0.25) is 4.79 Å². The van der Waals surface area contributed by atoms with Gasteiger partial charge >= 0.3 is 0 Å². The maximum atomic E-state index is 11.2. The number of hydrogen-bond acceptors (Lipinski definition) is 2. The van der Waals surface area contributed by atoms with Crippen molar-refractivity contribution in [3.8, 4) is 0 Å². The molecule has 3 heteroatoms. The van der Waals surface area contributed by atoms with Crippen molar-refractivity contribution in [2.45, 2.75) is 38.3 Å². The van der Waals surface area contributed by atoms with Crippen LogP contribution in [0.1, 0.15) is 26.2 Å². The normalized spacial score (nSPS) is 17.9. The van der Waals surface area contributed by atoms with Crippen molar-refractivity contribution < 1.29 is 4.79 Å². The molecule has 0 aromatic carbocycles. The molecule has 1 aliphatic carbocycles. The third-order valence-corrected chi connectivity index (χ3v) is 2.10. The average molecular weight is 182 g/mol. The van der Waals surface area contributed by atoms with Gasteiger partial charge in [0, 0.05) is 25.0 Å². The summed E-state index contributed by atoms with van der Waals surface area (Å²) in [7, 11) is 0. The summed E-state index contributed by atoms with van der Waals surface area (Å²) in [4.78, 5) is 11.2. The smallest absolute Gasteiger partial charge is 0.221 e. The first-order valence-electron chi connectivity index (χ1n) is 4.87. The Morgan fingerprint density at radius 1 is 1.69 bits per heavy atom. The molecule has 0 heterocycles. The highest BCUT2D eigenvalue weighted by atomic mass is 16.1. The Hall–Kier alpha value is -0.830. The SMILES string of the molecule is C=CC(C)NC(=O)CCNC1CC1. The molecule has 0 spiro atoms. The molecule has 1 atom stereocenters. The van der Waals surface area contributed by atoms with Crippen molar-refractivity contribution in [3.63, 3.8) is 0 Å². The van der Waals surface area contributed by atoms with Gasteiger partial charge in [-0.1, -0.05) is 6.08 Å². The summed E-state index contributed by atoms with van der Waals surface area (Å²) in [6.45, 7) is 6.31. The van der Waals surface area contributed by atoms with Crippen LogP contribution in [0.3, 0.4) is 0 Å². The van der Waals surface area contributed by atoms with Gasteiger partial charge in [0.25, 0.3) is 0 Å². The topological polar surface area (TPSA) is 41.1 Å². The molecule has 1 unspecified atom stereocenters. The van der Waals surface area contributed by atoms with E-state index < -0.39 is 0 Å². The summed E-state index contributed by atoms with van der Waals surface area (Å²) < 4.78 is 0. The summed E-state index contributed by atoms with van der Waals surface area (Å²) in [6.07, 6.45) is 4.83. The van der Waals surface area contributed by atoms with E-state index in [4.69, 9.17) is 0 Å². The van der Waals surface area contributed by atoms with Crippen LogP contribution in [0.25, 0.3) is 0 Å². The lowest BCUT2D eigenvalue weighted by Crippen LogP contribution is -2.33. The second-order valence-corrected chi connectivity index (χ2v) is 3.57. The molecule has 0 radical (unpaired) electrons. The van der Waals surface area contributed by atoms with Gasteiger partial charge in [0.05, 0.1) is 0 Å². The van der Waals surface area contributed by atoms with Gasteiger partial charge in [0.15, 0.2) is 0 Å². The molecule has 0 aliphatic heterocycles. The van der Waals surface area contributed by atoms with Gasteiger partial charge in [-0.05, 0) is 19.8 Å². The van der Waals surface area contributed by atoms with Crippen LogP contribution in [0.4, 0.5) is 0 Å². The lowest BCUT2D eigenvalue weighted by molar-refractivity contribution is -0.121. The van der Waals surface area contributed by atoms with E-state index in [1.807, 2.05) is 6.92 Å². The number of carbonyl (C=O) groups is 1. The molecule has 0 aromatic heterocycles. The van der Waals surface area contributed by atoms with Crippen LogP contribution in [-0.2, 0) is 4.79 Å². The van der Waals surface area contributed by atoms with Gasteiger partial charge in [-0.25, -0.2) is 0 Å². The standard InChI is InChI=1S/C10H18N2O/c1-3-8(2)12-10(13)6-7-11-9-4-5-9/h3,8-9,11H,1,4-7H2,2H3,(H,12,13). The van der Waals surface area contributed by atoms with E-state index in [1.165, 1.54) is 12.8 Å². The second kappa shape index (κ2) is 5.02. The van der Waals surface area contributed by atoms with Crippen molar-refractivity contribution in [2.75, 3.05) is 6.54 Å². The zero-order chi connectivity index (χ0) is 9.68. The van der Waals surface area contributed by atoms with Crippen LogP contribution in [0.5, 0.6) is 0 Å². The van der Waals surface area contributed by atoms with Crippen LogP contribution in [-0.4, -0.2) is 24.5 Å². The number of rotatable bonds is 6. The molecule has 1 fully saturated rings. The predicted octanol–water partition coefficient (Wildman–Crippen LogP) is 0.819. The highest BCUT2D eigenvalue weighted by molar-refractivity contribution is 5.76. The van der Waals surface area contributed by atoms with Crippen LogP contribution < -0.4 is 10.6 Å². The van der Waals surface area contributed by atoms with E-state index in [0.29, 0.717) is 12.5 Å². The number of amides is 1. The van der Waals surface area contributed by atoms with Gasteiger partial charge in [0.2, 0.25) is 5.91 Å². The maximum Gasteiger partial charge on any atom is 0.221 e. The zero-order valence-corrected chi connectivity index (χ0v) is 8.18. The number of carbonyl (C=O) groups excluding carboxylic acids is 1. The van der Waals surface area contributed by atoms with Gasteiger partial charge in [-0.15, -0.1) is 6.58 Å². The molecule has 1 saturated carbocycles. The number of hydrogen-bond donors (Lipinski definition) is 2. The third kappa shape index (κ3) is 4.68. The minimum Gasteiger partial charge on any atom is -0.350 e. The van der Waals surface area contributed by atoms with E-state index in [0.717, 1.165) is 6.54 Å². The predicted molar refractivity (Wildman–Crippen MR) is 53.4 cm³/mol.